The van der Waals surface area contributed by atoms with Crippen molar-refractivity contribution in [1.82, 2.24) is 4.98 Å². The van der Waals surface area contributed by atoms with Crippen molar-refractivity contribution in [3.63, 3.8) is 0 Å². The zero-order valence-electron chi connectivity index (χ0n) is 11.2. The molecule has 1 atom stereocenters. The van der Waals surface area contributed by atoms with Crippen LogP contribution in [0, 0.1) is 5.92 Å². The zero-order valence-corrected chi connectivity index (χ0v) is 11.2. The van der Waals surface area contributed by atoms with Crippen LogP contribution in [0.25, 0.3) is 0 Å². The van der Waals surface area contributed by atoms with E-state index >= 15 is 0 Å². The van der Waals surface area contributed by atoms with Gasteiger partial charge in [-0.2, -0.15) is 4.98 Å². The second kappa shape index (κ2) is 5.94. The van der Waals surface area contributed by atoms with Crippen molar-refractivity contribution in [2.45, 2.75) is 45.6 Å². The monoisotopic (exact) mass is 250 g/mol. The fraction of sp³-hybridized carbons (Fsp3) is 0.643. The molecule has 0 bridgehead atoms. The first-order chi connectivity index (χ1) is 8.69. The highest BCUT2D eigenvalue weighted by Crippen LogP contribution is 2.31. The van der Waals surface area contributed by atoms with Crippen molar-refractivity contribution in [2.24, 2.45) is 5.92 Å². The fourth-order valence-electron chi connectivity index (χ4n) is 1.77. The Kier molecular flexibility index (Phi) is 4.28. The van der Waals surface area contributed by atoms with Crippen LogP contribution < -0.4 is 15.2 Å². The molecule has 1 fully saturated rings. The van der Waals surface area contributed by atoms with Crippen molar-refractivity contribution < 1.29 is 9.47 Å². The van der Waals surface area contributed by atoms with Crippen molar-refractivity contribution in [1.29, 1.82) is 0 Å². The Labute approximate surface area is 108 Å². The molecule has 0 aromatic carbocycles. The average molecular weight is 250 g/mol. The van der Waals surface area contributed by atoms with E-state index in [-0.39, 0.29) is 6.10 Å². The van der Waals surface area contributed by atoms with Gasteiger partial charge in [0.15, 0.2) is 0 Å². The molecule has 1 aliphatic rings. The van der Waals surface area contributed by atoms with Crippen LogP contribution in [0.2, 0.25) is 0 Å². The number of hydrogen-bond acceptors (Lipinski definition) is 4. The van der Waals surface area contributed by atoms with Crippen molar-refractivity contribution in [3.05, 3.63) is 12.1 Å². The molecule has 18 heavy (non-hydrogen) atoms. The lowest BCUT2D eigenvalue weighted by Gasteiger charge is -2.14. The molecule has 0 aliphatic heterocycles. The molecule has 4 heteroatoms. The van der Waals surface area contributed by atoms with Gasteiger partial charge >= 0.3 is 0 Å². The molecule has 1 aromatic rings. The van der Waals surface area contributed by atoms with E-state index in [0.29, 0.717) is 30.0 Å². The van der Waals surface area contributed by atoms with E-state index in [1.807, 2.05) is 6.92 Å². The lowest BCUT2D eigenvalue weighted by atomic mass is 10.2. The van der Waals surface area contributed by atoms with E-state index in [0.717, 1.165) is 12.8 Å². The number of hydrogen-bond donors (Lipinski definition) is 1. The molecular weight excluding hydrogens is 228 g/mol. The predicted molar refractivity (Wildman–Crippen MR) is 71.9 cm³/mol. The Morgan fingerprint density at radius 2 is 2.22 bits per heavy atom. The first kappa shape index (κ1) is 13.0. The third-order valence-corrected chi connectivity index (χ3v) is 3.03. The topological polar surface area (TPSA) is 57.4 Å². The van der Waals surface area contributed by atoms with Gasteiger partial charge in [0.1, 0.15) is 0 Å². The SMILES string of the molecule is CCCC(C)Oc1ccc(N)c(OCC2CC2)n1. The van der Waals surface area contributed by atoms with Gasteiger partial charge in [0, 0.05) is 6.07 Å². The van der Waals surface area contributed by atoms with Gasteiger partial charge in [0.25, 0.3) is 0 Å². The lowest BCUT2D eigenvalue weighted by molar-refractivity contribution is 0.197. The standard InChI is InChI=1S/C14H22N2O2/c1-3-4-10(2)18-13-8-7-12(15)14(16-13)17-9-11-5-6-11/h7-8,10-11H,3-6,9,15H2,1-2H3. The summed E-state index contributed by atoms with van der Waals surface area (Å²) in [6.45, 7) is 4.90. The van der Waals surface area contributed by atoms with Crippen LogP contribution in [-0.2, 0) is 0 Å². The Hall–Kier alpha value is -1.45. The average Bonchev–Trinajstić information content (AvgIpc) is 3.14. The molecule has 1 saturated carbocycles. The van der Waals surface area contributed by atoms with Crippen LogP contribution in [0.5, 0.6) is 11.8 Å². The summed E-state index contributed by atoms with van der Waals surface area (Å²) in [5.41, 5.74) is 6.42. The predicted octanol–water partition coefficient (Wildman–Crippen LogP) is 3.02. The van der Waals surface area contributed by atoms with E-state index in [4.69, 9.17) is 15.2 Å². The second-order valence-electron chi connectivity index (χ2n) is 5.02. The fourth-order valence-corrected chi connectivity index (χ4v) is 1.77. The van der Waals surface area contributed by atoms with Crippen LogP contribution in [0.15, 0.2) is 12.1 Å². The smallest absolute Gasteiger partial charge is 0.240 e. The second-order valence-corrected chi connectivity index (χ2v) is 5.02. The van der Waals surface area contributed by atoms with E-state index in [1.165, 1.54) is 12.8 Å². The van der Waals surface area contributed by atoms with Gasteiger partial charge in [0.2, 0.25) is 11.8 Å². The maximum atomic E-state index is 5.84. The first-order valence-corrected chi connectivity index (χ1v) is 6.75. The number of aromatic nitrogens is 1. The summed E-state index contributed by atoms with van der Waals surface area (Å²) in [5.74, 6) is 1.79. The maximum Gasteiger partial charge on any atom is 0.240 e. The number of anilines is 1. The number of pyridine rings is 1. The van der Waals surface area contributed by atoms with Gasteiger partial charge < -0.3 is 15.2 Å². The van der Waals surface area contributed by atoms with Gasteiger partial charge in [-0.05, 0) is 38.2 Å². The Morgan fingerprint density at radius 1 is 1.44 bits per heavy atom. The zero-order chi connectivity index (χ0) is 13.0. The largest absolute Gasteiger partial charge is 0.476 e. The quantitative estimate of drug-likeness (QED) is 0.808. The summed E-state index contributed by atoms with van der Waals surface area (Å²) in [6.07, 6.45) is 4.79. The van der Waals surface area contributed by atoms with Gasteiger partial charge in [-0.25, -0.2) is 0 Å². The minimum Gasteiger partial charge on any atom is -0.476 e. The van der Waals surface area contributed by atoms with E-state index in [1.54, 1.807) is 12.1 Å². The summed E-state index contributed by atoms with van der Waals surface area (Å²) < 4.78 is 11.4. The molecule has 0 spiro atoms. The molecule has 0 radical (unpaired) electrons. The van der Waals surface area contributed by atoms with Crippen molar-refractivity contribution in [2.75, 3.05) is 12.3 Å². The minimum atomic E-state index is 0.169. The molecule has 2 N–H and O–H groups in total. The molecule has 4 nitrogen and oxygen atoms in total. The lowest BCUT2D eigenvalue weighted by Crippen LogP contribution is -2.12. The summed E-state index contributed by atoms with van der Waals surface area (Å²) in [4.78, 5) is 4.32. The Balaban J connectivity index is 1.95. The van der Waals surface area contributed by atoms with Crippen LogP contribution in [0.3, 0.4) is 0 Å². The maximum absolute atomic E-state index is 5.84. The van der Waals surface area contributed by atoms with E-state index in [9.17, 15) is 0 Å². The number of nitrogens with two attached hydrogens (primary N) is 1. The Morgan fingerprint density at radius 3 is 2.89 bits per heavy atom. The number of ether oxygens (including phenoxy) is 2. The molecular formula is C14H22N2O2. The molecule has 0 saturated heterocycles. The molecule has 2 rings (SSSR count). The van der Waals surface area contributed by atoms with Gasteiger partial charge in [0.05, 0.1) is 18.4 Å². The molecule has 1 aliphatic carbocycles. The first-order valence-electron chi connectivity index (χ1n) is 6.75. The number of nitrogens with zero attached hydrogens (tertiary/aromatic N) is 1. The minimum absolute atomic E-state index is 0.169. The molecule has 100 valence electrons. The molecule has 0 amide bonds. The molecule has 1 unspecified atom stereocenters. The van der Waals surface area contributed by atoms with E-state index in [2.05, 4.69) is 11.9 Å². The van der Waals surface area contributed by atoms with Gasteiger partial charge in [-0.1, -0.05) is 13.3 Å². The normalized spacial score (nSPS) is 16.3. The van der Waals surface area contributed by atoms with Gasteiger partial charge in [-0.3, -0.25) is 0 Å². The van der Waals surface area contributed by atoms with Crippen molar-refractivity contribution >= 4 is 5.69 Å². The highest BCUT2D eigenvalue weighted by molar-refractivity contribution is 5.49. The third-order valence-electron chi connectivity index (χ3n) is 3.03. The Bertz CT molecular complexity index is 391. The van der Waals surface area contributed by atoms with Crippen molar-refractivity contribution in [3.8, 4) is 11.8 Å². The highest BCUT2D eigenvalue weighted by atomic mass is 16.5. The number of rotatable bonds is 7. The van der Waals surface area contributed by atoms with Crippen LogP contribution in [0.4, 0.5) is 5.69 Å². The molecule has 1 aromatic heterocycles. The van der Waals surface area contributed by atoms with Crippen LogP contribution in [-0.4, -0.2) is 17.7 Å². The third kappa shape index (κ3) is 3.79. The van der Waals surface area contributed by atoms with Crippen LogP contribution in [0.1, 0.15) is 39.5 Å². The summed E-state index contributed by atoms with van der Waals surface area (Å²) >= 11 is 0. The van der Waals surface area contributed by atoms with E-state index < -0.39 is 0 Å². The summed E-state index contributed by atoms with van der Waals surface area (Å²) in [7, 11) is 0. The molecule has 1 heterocycles. The summed E-state index contributed by atoms with van der Waals surface area (Å²) in [6, 6.07) is 3.59. The highest BCUT2D eigenvalue weighted by Gasteiger charge is 2.22. The number of nitrogen functional groups attached to an aromatic ring is 1. The van der Waals surface area contributed by atoms with Gasteiger partial charge in [-0.15, -0.1) is 0 Å². The van der Waals surface area contributed by atoms with Crippen LogP contribution >= 0.6 is 0 Å². The summed E-state index contributed by atoms with van der Waals surface area (Å²) in [5, 5.41) is 0.